The Labute approximate surface area is 208 Å². The lowest BCUT2D eigenvalue weighted by Gasteiger charge is -2.33. The zero-order chi connectivity index (χ0) is 24.4. The van der Waals surface area contributed by atoms with E-state index in [2.05, 4.69) is 20.1 Å². The summed E-state index contributed by atoms with van der Waals surface area (Å²) in [6.07, 6.45) is 1.82. The second kappa shape index (κ2) is 10.2. The molecule has 1 fully saturated rings. The van der Waals surface area contributed by atoms with Crippen LogP contribution in [0.15, 0.2) is 57.4 Å². The number of hydrogen-bond donors (Lipinski definition) is 0. The standard InChI is InChI=1S/C26H28ClN5O3/c1-17(2)32(15-23-29-30-26(35-23)19-7-3-4-8-20(19)27)24(33)16-31-13-11-18(12-14-31)25-28-21-9-5-6-10-22(21)34-25/h3-10,17-18H,11-16H2,1-2H3. The Kier molecular flexibility index (Phi) is 6.83. The summed E-state index contributed by atoms with van der Waals surface area (Å²) in [6.45, 7) is 6.22. The average Bonchev–Trinajstić information content (AvgIpc) is 3.50. The van der Waals surface area contributed by atoms with E-state index < -0.39 is 0 Å². The molecule has 0 N–H and O–H groups in total. The molecule has 9 heteroatoms. The van der Waals surface area contributed by atoms with Crippen LogP contribution in [-0.2, 0) is 11.3 Å². The Hall–Kier alpha value is -3.23. The predicted molar refractivity (Wildman–Crippen MR) is 133 cm³/mol. The Morgan fingerprint density at radius 3 is 2.57 bits per heavy atom. The van der Waals surface area contributed by atoms with Crippen LogP contribution in [0.5, 0.6) is 0 Å². The van der Waals surface area contributed by atoms with E-state index in [1.165, 1.54) is 0 Å². The van der Waals surface area contributed by atoms with Gasteiger partial charge in [0, 0.05) is 12.0 Å². The molecule has 2 aromatic carbocycles. The minimum atomic E-state index is -0.00421. The van der Waals surface area contributed by atoms with Crippen molar-refractivity contribution in [1.82, 2.24) is 25.0 Å². The number of carbonyl (C=O) groups excluding carboxylic acids is 1. The number of rotatable bonds is 7. The first-order valence-corrected chi connectivity index (χ1v) is 12.3. The highest BCUT2D eigenvalue weighted by Crippen LogP contribution is 2.30. The maximum Gasteiger partial charge on any atom is 0.249 e. The third kappa shape index (κ3) is 5.23. The lowest BCUT2D eigenvalue weighted by atomic mass is 9.97. The summed E-state index contributed by atoms with van der Waals surface area (Å²) >= 11 is 6.25. The van der Waals surface area contributed by atoms with Crippen LogP contribution in [0.25, 0.3) is 22.6 Å². The minimum Gasteiger partial charge on any atom is -0.440 e. The van der Waals surface area contributed by atoms with Gasteiger partial charge in [0.15, 0.2) is 11.5 Å². The molecule has 1 aliphatic rings. The van der Waals surface area contributed by atoms with Crippen LogP contribution in [0.4, 0.5) is 0 Å². The molecular weight excluding hydrogens is 466 g/mol. The summed E-state index contributed by atoms with van der Waals surface area (Å²) in [6, 6.07) is 15.1. The first-order valence-electron chi connectivity index (χ1n) is 11.9. The third-order valence-corrected chi connectivity index (χ3v) is 6.76. The van der Waals surface area contributed by atoms with Crippen molar-refractivity contribution in [3.8, 4) is 11.5 Å². The van der Waals surface area contributed by atoms with Gasteiger partial charge in [0.05, 0.1) is 23.7 Å². The van der Waals surface area contributed by atoms with Gasteiger partial charge >= 0.3 is 0 Å². The minimum absolute atomic E-state index is 0.00421. The SMILES string of the molecule is CC(C)N(Cc1nnc(-c2ccccc2Cl)o1)C(=O)CN1CCC(c2nc3ccccc3o2)CC1. The molecule has 0 saturated carbocycles. The zero-order valence-corrected chi connectivity index (χ0v) is 20.6. The lowest BCUT2D eigenvalue weighted by molar-refractivity contribution is -0.135. The van der Waals surface area contributed by atoms with Crippen LogP contribution in [0.2, 0.25) is 5.02 Å². The Balaban J connectivity index is 1.19. The molecule has 35 heavy (non-hydrogen) atoms. The zero-order valence-electron chi connectivity index (χ0n) is 19.9. The van der Waals surface area contributed by atoms with Gasteiger partial charge in [-0.3, -0.25) is 9.69 Å². The van der Waals surface area contributed by atoms with E-state index in [-0.39, 0.29) is 24.4 Å². The molecule has 4 aromatic rings. The van der Waals surface area contributed by atoms with E-state index in [0.29, 0.717) is 28.9 Å². The van der Waals surface area contributed by atoms with Gasteiger partial charge in [-0.15, -0.1) is 10.2 Å². The fourth-order valence-corrected chi connectivity index (χ4v) is 4.67. The fourth-order valence-electron chi connectivity index (χ4n) is 4.45. The number of hydrogen-bond acceptors (Lipinski definition) is 7. The van der Waals surface area contributed by atoms with Crippen LogP contribution < -0.4 is 0 Å². The molecule has 5 rings (SSSR count). The molecule has 8 nitrogen and oxygen atoms in total. The van der Waals surface area contributed by atoms with Crippen LogP contribution in [0.1, 0.15) is 44.4 Å². The molecular formula is C26H28ClN5O3. The molecule has 2 aromatic heterocycles. The van der Waals surface area contributed by atoms with E-state index in [1.807, 2.05) is 56.3 Å². The second-order valence-corrected chi connectivity index (χ2v) is 9.57. The molecule has 3 heterocycles. The summed E-state index contributed by atoms with van der Waals surface area (Å²) in [5.74, 6) is 1.85. The number of piperidine rings is 1. The van der Waals surface area contributed by atoms with Crippen LogP contribution in [0, 0.1) is 0 Å². The maximum absolute atomic E-state index is 13.2. The molecule has 0 radical (unpaired) electrons. The normalized spacial score (nSPS) is 15.2. The van der Waals surface area contributed by atoms with Crippen LogP contribution in [0.3, 0.4) is 0 Å². The van der Waals surface area contributed by atoms with E-state index >= 15 is 0 Å². The van der Waals surface area contributed by atoms with Gasteiger partial charge in [0.1, 0.15) is 5.52 Å². The van der Waals surface area contributed by atoms with Crippen molar-refractivity contribution in [2.75, 3.05) is 19.6 Å². The quantitative estimate of drug-likeness (QED) is 0.352. The lowest BCUT2D eigenvalue weighted by Crippen LogP contribution is -2.45. The van der Waals surface area contributed by atoms with Gasteiger partial charge in [-0.2, -0.15) is 0 Å². The number of aromatic nitrogens is 3. The van der Waals surface area contributed by atoms with E-state index in [9.17, 15) is 4.79 Å². The smallest absolute Gasteiger partial charge is 0.249 e. The number of nitrogens with zero attached hydrogens (tertiary/aromatic N) is 5. The van der Waals surface area contributed by atoms with Crippen molar-refractivity contribution in [1.29, 1.82) is 0 Å². The molecule has 0 spiro atoms. The Morgan fingerprint density at radius 1 is 1.09 bits per heavy atom. The predicted octanol–water partition coefficient (Wildman–Crippen LogP) is 5.15. The monoisotopic (exact) mass is 493 g/mol. The highest BCUT2D eigenvalue weighted by atomic mass is 35.5. The number of carbonyl (C=O) groups is 1. The second-order valence-electron chi connectivity index (χ2n) is 9.17. The number of para-hydroxylation sites is 2. The molecule has 182 valence electrons. The van der Waals surface area contributed by atoms with Crippen molar-refractivity contribution >= 4 is 28.6 Å². The summed E-state index contributed by atoms with van der Waals surface area (Å²) in [5, 5.41) is 8.81. The summed E-state index contributed by atoms with van der Waals surface area (Å²) in [7, 11) is 0. The topological polar surface area (TPSA) is 88.5 Å². The molecule has 1 saturated heterocycles. The third-order valence-electron chi connectivity index (χ3n) is 6.43. The molecule has 1 amide bonds. The summed E-state index contributed by atoms with van der Waals surface area (Å²) in [4.78, 5) is 21.8. The van der Waals surface area contributed by atoms with Crippen molar-refractivity contribution in [3.63, 3.8) is 0 Å². The number of oxazole rings is 1. The number of amides is 1. The maximum atomic E-state index is 13.2. The van der Waals surface area contributed by atoms with Gasteiger partial charge in [0.25, 0.3) is 0 Å². The first-order chi connectivity index (χ1) is 17.0. The molecule has 0 unspecified atom stereocenters. The fraction of sp³-hybridized carbons (Fsp3) is 0.385. The number of halogens is 1. The highest BCUT2D eigenvalue weighted by molar-refractivity contribution is 6.33. The van der Waals surface area contributed by atoms with Gasteiger partial charge in [-0.05, 0) is 64.0 Å². The largest absolute Gasteiger partial charge is 0.440 e. The molecule has 0 atom stereocenters. The van der Waals surface area contributed by atoms with Crippen molar-refractivity contribution in [3.05, 3.63) is 65.3 Å². The van der Waals surface area contributed by atoms with Gasteiger partial charge < -0.3 is 13.7 Å². The number of fused-ring (bicyclic) bond motifs is 1. The molecule has 0 bridgehead atoms. The van der Waals surface area contributed by atoms with E-state index in [0.717, 1.165) is 42.9 Å². The Bertz CT molecular complexity index is 1280. The summed E-state index contributed by atoms with van der Waals surface area (Å²) < 4.78 is 11.8. The van der Waals surface area contributed by atoms with Gasteiger partial charge in [-0.25, -0.2) is 4.98 Å². The number of benzene rings is 2. The van der Waals surface area contributed by atoms with E-state index in [1.54, 1.807) is 11.0 Å². The highest BCUT2D eigenvalue weighted by Gasteiger charge is 2.28. The van der Waals surface area contributed by atoms with Crippen LogP contribution >= 0.6 is 11.6 Å². The van der Waals surface area contributed by atoms with Gasteiger partial charge in [-0.1, -0.05) is 35.9 Å². The van der Waals surface area contributed by atoms with Crippen LogP contribution in [-0.4, -0.2) is 56.6 Å². The summed E-state index contributed by atoms with van der Waals surface area (Å²) in [5.41, 5.74) is 2.40. The van der Waals surface area contributed by atoms with Crippen molar-refractivity contribution < 1.29 is 13.6 Å². The molecule has 0 aliphatic carbocycles. The van der Waals surface area contributed by atoms with Gasteiger partial charge in [0.2, 0.25) is 17.7 Å². The van der Waals surface area contributed by atoms with E-state index in [4.69, 9.17) is 20.4 Å². The molecule has 1 aliphatic heterocycles. The Morgan fingerprint density at radius 2 is 1.83 bits per heavy atom. The first kappa shape index (κ1) is 23.5. The average molecular weight is 494 g/mol. The van der Waals surface area contributed by atoms with Crippen molar-refractivity contribution in [2.24, 2.45) is 0 Å². The van der Waals surface area contributed by atoms with Crippen molar-refractivity contribution in [2.45, 2.75) is 45.2 Å². The number of likely N-dealkylation sites (tertiary alicyclic amines) is 1.